The number of nitriles is 1. The van der Waals surface area contributed by atoms with Gasteiger partial charge in [-0.25, -0.2) is 14.8 Å². The first-order chi connectivity index (χ1) is 13.2. The highest BCUT2D eigenvalue weighted by molar-refractivity contribution is 9.10. The summed E-state index contributed by atoms with van der Waals surface area (Å²) >= 11 is 9.50. The van der Waals surface area contributed by atoms with Gasteiger partial charge in [0.15, 0.2) is 5.82 Å². The van der Waals surface area contributed by atoms with E-state index < -0.39 is 11.7 Å². The maximum Gasteiger partial charge on any atom is 0.410 e. The minimum atomic E-state index is -0.598. The van der Waals surface area contributed by atoms with Crippen LogP contribution in [0.1, 0.15) is 27.2 Å². The Labute approximate surface area is 176 Å². The number of rotatable bonds is 2. The molecule has 1 saturated heterocycles. The third-order valence-electron chi connectivity index (χ3n) is 4.19. The van der Waals surface area contributed by atoms with Gasteiger partial charge in [0.25, 0.3) is 0 Å². The fourth-order valence-electron chi connectivity index (χ4n) is 3.06. The van der Waals surface area contributed by atoms with Crippen LogP contribution in [0.5, 0.6) is 0 Å². The average molecular weight is 468 g/mol. The third kappa shape index (κ3) is 4.62. The highest BCUT2D eigenvalue weighted by Crippen LogP contribution is 2.28. The smallest absolute Gasteiger partial charge is 0.410 e. The van der Waals surface area contributed by atoms with Crippen molar-refractivity contribution in [2.45, 2.75) is 38.8 Å². The number of aromatic nitrogens is 3. The molecule has 2 aromatic rings. The number of ether oxygens (including phenoxy) is 1. The van der Waals surface area contributed by atoms with Crippen molar-refractivity contribution < 1.29 is 9.53 Å². The van der Waals surface area contributed by atoms with E-state index in [2.05, 4.69) is 37.0 Å². The summed E-state index contributed by atoms with van der Waals surface area (Å²) in [5.41, 5.74) is 0.642. The number of amides is 1. The molecular formula is C18H20BrClN6O2. The molecule has 3 rings (SSSR count). The van der Waals surface area contributed by atoms with Gasteiger partial charge in [-0.3, -0.25) is 0 Å². The minimum Gasteiger partial charge on any atom is -0.444 e. The Morgan fingerprint density at radius 2 is 2.18 bits per heavy atom. The van der Waals surface area contributed by atoms with Gasteiger partial charge in [0, 0.05) is 30.3 Å². The summed E-state index contributed by atoms with van der Waals surface area (Å²) in [6, 6.07) is 3.65. The second kappa shape index (κ2) is 8.05. The van der Waals surface area contributed by atoms with Crippen molar-refractivity contribution in [1.29, 1.82) is 5.26 Å². The molecule has 0 spiro atoms. The molecule has 2 aromatic heterocycles. The number of hydrogen-bond acceptors (Lipinski definition) is 7. The summed E-state index contributed by atoms with van der Waals surface area (Å²) in [7, 11) is 0. The number of carbonyl (C=O) groups is 1. The lowest BCUT2D eigenvalue weighted by molar-refractivity contribution is 0.0145. The van der Waals surface area contributed by atoms with E-state index in [0.29, 0.717) is 36.5 Å². The number of anilines is 1. The number of hydrogen-bond donors (Lipinski definition) is 0. The van der Waals surface area contributed by atoms with Gasteiger partial charge in [-0.15, -0.1) is 0 Å². The van der Waals surface area contributed by atoms with Crippen LogP contribution in [0.25, 0.3) is 11.0 Å². The van der Waals surface area contributed by atoms with Crippen molar-refractivity contribution in [1.82, 2.24) is 19.9 Å². The molecule has 3 heterocycles. The lowest BCUT2D eigenvalue weighted by Gasteiger charge is -2.41. The normalized spacial score (nSPS) is 17.5. The number of pyridine rings is 1. The molecule has 1 amide bonds. The number of nitrogens with zero attached hydrogens (tertiary/aromatic N) is 6. The van der Waals surface area contributed by atoms with E-state index in [1.165, 1.54) is 0 Å². The Kier molecular flexibility index (Phi) is 5.91. The van der Waals surface area contributed by atoms with Gasteiger partial charge in [0.1, 0.15) is 11.1 Å². The largest absolute Gasteiger partial charge is 0.444 e. The van der Waals surface area contributed by atoms with Crippen molar-refractivity contribution in [2.75, 3.05) is 24.5 Å². The van der Waals surface area contributed by atoms with Gasteiger partial charge >= 0.3 is 6.09 Å². The highest BCUT2D eigenvalue weighted by atomic mass is 79.9. The molecule has 28 heavy (non-hydrogen) atoms. The number of carbonyl (C=O) groups excluding carboxylic acids is 1. The van der Waals surface area contributed by atoms with Crippen LogP contribution < -0.4 is 4.90 Å². The summed E-state index contributed by atoms with van der Waals surface area (Å²) in [6.07, 6.45) is 1.44. The molecule has 8 nitrogen and oxygen atoms in total. The van der Waals surface area contributed by atoms with E-state index in [1.54, 1.807) is 11.1 Å². The fourth-order valence-corrected chi connectivity index (χ4v) is 3.55. The molecule has 1 atom stereocenters. The zero-order valence-corrected chi connectivity index (χ0v) is 18.2. The Morgan fingerprint density at radius 3 is 2.86 bits per heavy atom. The first-order valence-electron chi connectivity index (χ1n) is 8.78. The van der Waals surface area contributed by atoms with Crippen molar-refractivity contribution in [2.24, 2.45) is 0 Å². The van der Waals surface area contributed by atoms with Crippen molar-refractivity contribution in [3.63, 3.8) is 0 Å². The zero-order valence-electron chi connectivity index (χ0n) is 15.8. The van der Waals surface area contributed by atoms with Crippen molar-refractivity contribution in [3.8, 4) is 6.07 Å². The van der Waals surface area contributed by atoms with Gasteiger partial charge in [0.2, 0.25) is 5.28 Å². The van der Waals surface area contributed by atoms with E-state index in [9.17, 15) is 10.1 Å². The maximum absolute atomic E-state index is 12.6. The van der Waals surface area contributed by atoms with E-state index in [-0.39, 0.29) is 17.7 Å². The summed E-state index contributed by atoms with van der Waals surface area (Å²) in [4.78, 5) is 29.2. The molecule has 1 unspecified atom stereocenters. The van der Waals surface area contributed by atoms with Crippen LogP contribution in [0.2, 0.25) is 5.28 Å². The molecule has 148 valence electrons. The lowest BCUT2D eigenvalue weighted by Crippen LogP contribution is -2.56. The topological polar surface area (TPSA) is 95.2 Å². The van der Waals surface area contributed by atoms with Gasteiger partial charge < -0.3 is 14.5 Å². The predicted octanol–water partition coefficient (Wildman–Crippen LogP) is 3.78. The molecule has 10 heteroatoms. The monoisotopic (exact) mass is 466 g/mol. The number of halogens is 2. The third-order valence-corrected chi connectivity index (χ3v) is 4.80. The van der Waals surface area contributed by atoms with E-state index in [0.717, 1.165) is 4.47 Å². The molecule has 1 fully saturated rings. The lowest BCUT2D eigenvalue weighted by atomic mass is 10.1. The van der Waals surface area contributed by atoms with Crippen molar-refractivity contribution in [3.05, 3.63) is 22.0 Å². The molecule has 0 radical (unpaired) electrons. The molecule has 1 aliphatic heterocycles. The summed E-state index contributed by atoms with van der Waals surface area (Å²) < 4.78 is 6.28. The van der Waals surface area contributed by atoms with Gasteiger partial charge in [-0.2, -0.15) is 10.2 Å². The standard InChI is InChI=1S/C18H20BrClN6O2/c1-18(2,3)28-17(27)26-7-6-25(10-12(26)4-5-21)15-14-13(23-16(20)24-15)8-11(19)9-22-14/h8-9,12H,4,6-7,10H2,1-3H3. The Bertz CT molecular complexity index is 937. The fraction of sp³-hybridized carbons (Fsp3) is 0.500. The second-order valence-electron chi connectivity index (χ2n) is 7.47. The van der Waals surface area contributed by atoms with Crippen molar-refractivity contribution >= 4 is 50.5 Å². The molecule has 0 bridgehead atoms. The number of fused-ring (bicyclic) bond motifs is 1. The van der Waals surface area contributed by atoms with Crippen LogP contribution >= 0.6 is 27.5 Å². The van der Waals surface area contributed by atoms with Gasteiger partial charge in [-0.05, 0) is 54.4 Å². The minimum absolute atomic E-state index is 0.119. The summed E-state index contributed by atoms with van der Waals surface area (Å²) in [5, 5.41) is 9.36. The molecule has 0 aliphatic carbocycles. The Hall–Kier alpha value is -2.18. The Balaban J connectivity index is 1.89. The second-order valence-corrected chi connectivity index (χ2v) is 8.73. The summed E-state index contributed by atoms with van der Waals surface area (Å²) in [5.74, 6) is 0.592. The Morgan fingerprint density at radius 1 is 1.43 bits per heavy atom. The highest BCUT2D eigenvalue weighted by Gasteiger charge is 2.34. The zero-order chi connectivity index (χ0) is 20.5. The van der Waals surface area contributed by atoms with Crippen LogP contribution in [0.15, 0.2) is 16.7 Å². The SMILES string of the molecule is CC(C)(C)OC(=O)N1CCN(c2nc(Cl)nc3cc(Br)cnc23)CC1CC#N. The van der Waals surface area contributed by atoms with E-state index in [1.807, 2.05) is 31.7 Å². The van der Waals surface area contributed by atoms with Crippen LogP contribution in [0.4, 0.5) is 10.6 Å². The maximum atomic E-state index is 12.6. The van der Waals surface area contributed by atoms with E-state index in [4.69, 9.17) is 16.3 Å². The molecule has 0 aromatic carbocycles. The van der Waals surface area contributed by atoms with Crippen LogP contribution in [-0.4, -0.2) is 57.2 Å². The van der Waals surface area contributed by atoms with Gasteiger partial charge in [-0.1, -0.05) is 0 Å². The first kappa shape index (κ1) is 20.6. The van der Waals surface area contributed by atoms with Crippen LogP contribution in [0, 0.1) is 11.3 Å². The number of piperazine rings is 1. The van der Waals surface area contributed by atoms with Crippen LogP contribution in [-0.2, 0) is 4.74 Å². The quantitative estimate of drug-likeness (QED) is 0.620. The molecule has 0 saturated carbocycles. The van der Waals surface area contributed by atoms with E-state index >= 15 is 0 Å². The average Bonchev–Trinajstić information content (AvgIpc) is 2.59. The first-order valence-corrected chi connectivity index (χ1v) is 9.95. The molecule has 1 aliphatic rings. The summed E-state index contributed by atoms with van der Waals surface area (Å²) in [6.45, 7) is 6.80. The predicted molar refractivity (Wildman–Crippen MR) is 109 cm³/mol. The van der Waals surface area contributed by atoms with Gasteiger partial charge in [0.05, 0.1) is 24.0 Å². The molecule has 0 N–H and O–H groups in total. The molecular weight excluding hydrogens is 448 g/mol. The van der Waals surface area contributed by atoms with Crippen LogP contribution in [0.3, 0.4) is 0 Å².